The summed E-state index contributed by atoms with van der Waals surface area (Å²) in [6.45, 7) is 2.65. The van der Waals surface area contributed by atoms with E-state index in [-0.39, 0.29) is 0 Å². The van der Waals surface area contributed by atoms with Crippen molar-refractivity contribution in [2.24, 2.45) is 0 Å². The molecule has 0 saturated heterocycles. The molecule has 0 amide bonds. The number of fused-ring (bicyclic) bond motifs is 1. The highest BCUT2D eigenvalue weighted by atomic mass is 32.2. The molecular formula is C14H18B2N2S. The molecule has 1 aromatic heterocycles. The van der Waals surface area contributed by atoms with E-state index in [1.165, 1.54) is 21.4 Å². The number of aromatic nitrogens is 1. The van der Waals surface area contributed by atoms with E-state index in [1.807, 2.05) is 18.9 Å². The van der Waals surface area contributed by atoms with Gasteiger partial charge < -0.3 is 9.88 Å². The molecule has 0 unspecified atom stereocenters. The van der Waals surface area contributed by atoms with Gasteiger partial charge in [0.25, 0.3) is 0 Å². The van der Waals surface area contributed by atoms with Crippen molar-refractivity contribution in [3.8, 4) is 0 Å². The van der Waals surface area contributed by atoms with E-state index in [4.69, 9.17) is 15.7 Å². The molecule has 2 nitrogen and oxygen atoms in total. The van der Waals surface area contributed by atoms with Gasteiger partial charge in [0.15, 0.2) is 0 Å². The number of hydrogen-bond acceptors (Lipinski definition) is 2. The zero-order chi connectivity index (χ0) is 14.0. The van der Waals surface area contributed by atoms with Crippen LogP contribution in [0.25, 0.3) is 10.9 Å². The number of aromatic amines is 1. The highest BCUT2D eigenvalue weighted by Gasteiger charge is 2.16. The quantitative estimate of drug-likeness (QED) is 0.663. The average Bonchev–Trinajstić information content (AvgIpc) is 2.76. The van der Waals surface area contributed by atoms with E-state index in [9.17, 15) is 0 Å². The Kier molecular flexibility index (Phi) is 4.36. The zero-order valence-electron chi connectivity index (χ0n) is 11.7. The third-order valence-electron chi connectivity index (χ3n) is 3.51. The molecule has 0 atom stereocenters. The van der Waals surface area contributed by atoms with E-state index in [0.29, 0.717) is 0 Å². The summed E-state index contributed by atoms with van der Waals surface area (Å²) >= 11 is 1.76. The van der Waals surface area contributed by atoms with Gasteiger partial charge in [-0.05, 0) is 43.5 Å². The Balaban J connectivity index is 2.17. The van der Waals surface area contributed by atoms with E-state index < -0.39 is 5.34 Å². The van der Waals surface area contributed by atoms with Crippen LogP contribution in [-0.2, 0) is 6.42 Å². The molecule has 19 heavy (non-hydrogen) atoms. The van der Waals surface area contributed by atoms with Crippen LogP contribution in [-0.4, -0.2) is 50.8 Å². The summed E-state index contributed by atoms with van der Waals surface area (Å²) < 4.78 is 0. The predicted octanol–water partition coefficient (Wildman–Crippen LogP) is 2.37. The average molecular weight is 268 g/mol. The van der Waals surface area contributed by atoms with Crippen LogP contribution < -0.4 is 0 Å². The number of benzene rings is 1. The summed E-state index contributed by atoms with van der Waals surface area (Å²) in [6.07, 6.45) is 5.10. The fourth-order valence-electron chi connectivity index (χ4n) is 2.02. The minimum absolute atomic E-state index is 0.767. The second-order valence-electron chi connectivity index (χ2n) is 5.12. The minimum atomic E-state index is -0.767. The van der Waals surface area contributed by atoms with Crippen LogP contribution in [0.1, 0.15) is 12.5 Å². The molecule has 0 fully saturated rings. The summed E-state index contributed by atoms with van der Waals surface area (Å²) in [6, 6.07) is 6.50. The van der Waals surface area contributed by atoms with Gasteiger partial charge in [0, 0.05) is 28.5 Å². The summed E-state index contributed by atoms with van der Waals surface area (Å²) in [4.78, 5) is 6.56. The van der Waals surface area contributed by atoms with Gasteiger partial charge in [-0.3, -0.25) is 0 Å². The third kappa shape index (κ3) is 3.40. The van der Waals surface area contributed by atoms with Gasteiger partial charge in [-0.25, -0.2) is 0 Å². The lowest BCUT2D eigenvalue weighted by molar-refractivity contribution is 0.294. The Bertz CT molecular complexity index is 560. The van der Waals surface area contributed by atoms with Gasteiger partial charge in [-0.15, -0.1) is 11.8 Å². The number of hydrogen-bond donors (Lipinski definition) is 1. The van der Waals surface area contributed by atoms with Crippen LogP contribution in [0.15, 0.2) is 29.3 Å². The molecule has 5 heteroatoms. The standard InChI is InChI=1S/C14H18B2N2S/c1-14(15,16)18(2)7-6-10-9-17-13-5-4-11(19-3)8-12(10)13/h4-5,8-9,17H,6-7H2,1-3H3. The lowest BCUT2D eigenvalue weighted by atomic mass is 9.62. The van der Waals surface area contributed by atoms with Gasteiger partial charge in [0.2, 0.25) is 0 Å². The fraction of sp³-hybridized carbons (Fsp3) is 0.429. The minimum Gasteiger partial charge on any atom is -0.361 e. The largest absolute Gasteiger partial charge is 0.361 e. The summed E-state index contributed by atoms with van der Waals surface area (Å²) in [7, 11) is 13.7. The number of rotatable bonds is 5. The highest BCUT2D eigenvalue weighted by molar-refractivity contribution is 7.98. The molecule has 96 valence electrons. The predicted molar refractivity (Wildman–Crippen MR) is 86.3 cm³/mol. The Hall–Kier alpha value is -0.800. The van der Waals surface area contributed by atoms with Crippen LogP contribution in [0.2, 0.25) is 0 Å². The first-order chi connectivity index (χ1) is 8.91. The van der Waals surface area contributed by atoms with Gasteiger partial charge >= 0.3 is 0 Å². The van der Waals surface area contributed by atoms with Crippen LogP contribution in [0.3, 0.4) is 0 Å². The van der Waals surface area contributed by atoms with Gasteiger partial charge in [0.1, 0.15) is 0 Å². The Morgan fingerprint density at radius 1 is 1.37 bits per heavy atom. The summed E-state index contributed by atoms with van der Waals surface area (Å²) in [5, 5.41) is 0.521. The Labute approximate surface area is 122 Å². The fourth-order valence-corrected chi connectivity index (χ4v) is 2.46. The summed E-state index contributed by atoms with van der Waals surface area (Å²) in [5.74, 6) is 0. The van der Waals surface area contributed by atoms with Gasteiger partial charge in [0.05, 0.1) is 15.7 Å². The van der Waals surface area contributed by atoms with Crippen molar-refractivity contribution in [1.82, 2.24) is 9.88 Å². The molecule has 0 aliphatic carbocycles. The van der Waals surface area contributed by atoms with Crippen molar-refractivity contribution in [3.63, 3.8) is 0 Å². The maximum absolute atomic E-state index is 5.87. The molecule has 0 saturated carbocycles. The normalized spacial score (nSPS) is 12.4. The first-order valence-electron chi connectivity index (χ1n) is 6.35. The number of H-pyrrole nitrogens is 1. The smallest absolute Gasteiger partial charge is 0.0820 e. The third-order valence-corrected chi connectivity index (χ3v) is 4.24. The SMILES string of the molecule is [B]C([B])(C)N(C)CCc1c[nH]c2ccc(SC)cc12. The summed E-state index contributed by atoms with van der Waals surface area (Å²) in [5.41, 5.74) is 2.49. The van der Waals surface area contributed by atoms with Gasteiger partial charge in [-0.2, -0.15) is 0 Å². The first-order valence-corrected chi connectivity index (χ1v) is 7.57. The number of thioether (sulfide) groups is 1. The Morgan fingerprint density at radius 2 is 2.11 bits per heavy atom. The second-order valence-corrected chi connectivity index (χ2v) is 6.00. The molecule has 0 aliphatic heterocycles. The van der Waals surface area contributed by atoms with Crippen molar-refractivity contribution in [3.05, 3.63) is 30.0 Å². The van der Waals surface area contributed by atoms with Crippen molar-refractivity contribution >= 4 is 38.4 Å². The number of nitrogens with one attached hydrogen (secondary N) is 1. The molecule has 2 rings (SSSR count). The molecule has 0 spiro atoms. The molecule has 4 radical (unpaired) electrons. The molecular weight excluding hydrogens is 250 g/mol. The van der Waals surface area contributed by atoms with Crippen molar-refractivity contribution < 1.29 is 0 Å². The van der Waals surface area contributed by atoms with Crippen molar-refractivity contribution in [2.75, 3.05) is 19.8 Å². The van der Waals surface area contributed by atoms with E-state index in [0.717, 1.165) is 13.0 Å². The first kappa shape index (κ1) is 14.6. The number of likely N-dealkylation sites (N-methyl/N-ethyl adjacent to an activating group) is 1. The van der Waals surface area contributed by atoms with Gasteiger partial charge in [-0.1, -0.05) is 12.3 Å². The van der Waals surface area contributed by atoms with E-state index in [1.54, 1.807) is 11.8 Å². The van der Waals surface area contributed by atoms with Crippen molar-refractivity contribution in [1.29, 1.82) is 0 Å². The maximum atomic E-state index is 5.87. The van der Waals surface area contributed by atoms with E-state index in [2.05, 4.69) is 35.6 Å². The van der Waals surface area contributed by atoms with Crippen molar-refractivity contribution in [2.45, 2.75) is 23.6 Å². The van der Waals surface area contributed by atoms with Crippen LogP contribution >= 0.6 is 11.8 Å². The zero-order valence-corrected chi connectivity index (χ0v) is 12.6. The molecule has 1 aromatic carbocycles. The van der Waals surface area contributed by atoms with Crippen LogP contribution in [0, 0.1) is 0 Å². The molecule has 1 heterocycles. The monoisotopic (exact) mass is 268 g/mol. The van der Waals surface area contributed by atoms with Crippen LogP contribution in [0.5, 0.6) is 0 Å². The second kappa shape index (κ2) is 5.68. The topological polar surface area (TPSA) is 19.0 Å². The Morgan fingerprint density at radius 3 is 2.74 bits per heavy atom. The molecule has 0 aliphatic rings. The maximum Gasteiger partial charge on any atom is 0.0820 e. The highest BCUT2D eigenvalue weighted by Crippen LogP contribution is 2.25. The lowest BCUT2D eigenvalue weighted by Crippen LogP contribution is -2.45. The molecule has 0 bridgehead atoms. The van der Waals surface area contributed by atoms with Crippen LogP contribution in [0.4, 0.5) is 0 Å². The van der Waals surface area contributed by atoms with E-state index >= 15 is 0 Å². The lowest BCUT2D eigenvalue weighted by Gasteiger charge is -2.33. The molecule has 1 N–H and O–H groups in total. The number of nitrogens with zero attached hydrogens (tertiary/aromatic N) is 1. The molecule has 2 aromatic rings.